The molecular formula is C17H18FN5O. The number of carbonyl (C=O) groups is 1. The van der Waals surface area contributed by atoms with Crippen LogP contribution in [0.3, 0.4) is 0 Å². The molecule has 2 heterocycles. The van der Waals surface area contributed by atoms with Gasteiger partial charge in [0, 0.05) is 31.9 Å². The Morgan fingerprint density at radius 2 is 2.29 bits per heavy atom. The fourth-order valence-electron chi connectivity index (χ4n) is 2.92. The van der Waals surface area contributed by atoms with Crippen LogP contribution in [0.15, 0.2) is 30.7 Å². The number of rotatable bonds is 3. The number of halogens is 1. The van der Waals surface area contributed by atoms with E-state index in [1.54, 1.807) is 39.7 Å². The number of aryl methyl sites for hydroxylation is 1. The molecule has 2 aromatic rings. The first kappa shape index (κ1) is 16.0. The van der Waals surface area contributed by atoms with Crippen molar-refractivity contribution in [2.75, 3.05) is 20.1 Å². The van der Waals surface area contributed by atoms with Crippen molar-refractivity contribution in [3.63, 3.8) is 0 Å². The van der Waals surface area contributed by atoms with E-state index in [-0.39, 0.29) is 11.9 Å². The standard InChI is InChI=1S/C17H18FN5O/c1-12-8-23(11-20-12)16-4-3-13(7-15(16)18)17(24)21(2)14-5-6-22(9-14)10-19/h3-4,7-8,11,14H,5-6,9H2,1-2H3/t14-/m1/s1. The molecular weight excluding hydrogens is 309 g/mol. The molecule has 1 aliphatic rings. The van der Waals surface area contributed by atoms with Crippen LogP contribution in [0.5, 0.6) is 0 Å². The summed E-state index contributed by atoms with van der Waals surface area (Å²) in [5, 5.41) is 8.91. The molecule has 24 heavy (non-hydrogen) atoms. The van der Waals surface area contributed by atoms with Gasteiger partial charge in [0.15, 0.2) is 6.19 Å². The van der Waals surface area contributed by atoms with Crippen LogP contribution < -0.4 is 0 Å². The quantitative estimate of drug-likeness (QED) is 0.808. The summed E-state index contributed by atoms with van der Waals surface area (Å²) in [6.45, 7) is 2.99. The summed E-state index contributed by atoms with van der Waals surface area (Å²) in [7, 11) is 1.69. The van der Waals surface area contributed by atoms with Gasteiger partial charge in [-0.1, -0.05) is 0 Å². The third-order valence-electron chi connectivity index (χ3n) is 4.36. The molecule has 0 unspecified atom stereocenters. The van der Waals surface area contributed by atoms with Gasteiger partial charge in [-0.2, -0.15) is 5.26 Å². The van der Waals surface area contributed by atoms with E-state index in [0.29, 0.717) is 24.3 Å². The van der Waals surface area contributed by atoms with E-state index >= 15 is 0 Å². The normalized spacial score (nSPS) is 16.9. The molecule has 124 valence electrons. The number of hydrogen-bond acceptors (Lipinski definition) is 4. The van der Waals surface area contributed by atoms with E-state index < -0.39 is 5.82 Å². The van der Waals surface area contributed by atoms with Gasteiger partial charge in [0.1, 0.15) is 5.82 Å². The van der Waals surface area contributed by atoms with E-state index in [1.807, 2.05) is 6.92 Å². The number of nitriles is 1. The minimum absolute atomic E-state index is 0.0313. The van der Waals surface area contributed by atoms with Gasteiger partial charge in [-0.3, -0.25) is 4.79 Å². The van der Waals surface area contributed by atoms with E-state index in [4.69, 9.17) is 5.26 Å². The van der Waals surface area contributed by atoms with Crippen molar-refractivity contribution in [2.24, 2.45) is 0 Å². The molecule has 1 saturated heterocycles. The number of carbonyl (C=O) groups excluding carboxylic acids is 1. The molecule has 6 nitrogen and oxygen atoms in total. The average molecular weight is 327 g/mol. The second-order valence-electron chi connectivity index (χ2n) is 5.99. The van der Waals surface area contributed by atoms with Crippen LogP contribution in [0.4, 0.5) is 4.39 Å². The highest BCUT2D eigenvalue weighted by molar-refractivity contribution is 5.94. The fourth-order valence-corrected chi connectivity index (χ4v) is 2.92. The maximum Gasteiger partial charge on any atom is 0.254 e. The Labute approximate surface area is 139 Å². The van der Waals surface area contributed by atoms with E-state index in [0.717, 1.165) is 12.1 Å². The SMILES string of the molecule is Cc1cn(-c2ccc(C(=O)N(C)[C@@H]3CCN(C#N)C3)cc2F)cn1. The summed E-state index contributed by atoms with van der Waals surface area (Å²) in [5.41, 5.74) is 1.44. The molecule has 0 saturated carbocycles. The zero-order valence-electron chi connectivity index (χ0n) is 13.6. The number of hydrogen-bond donors (Lipinski definition) is 0. The Kier molecular flexibility index (Phi) is 4.21. The van der Waals surface area contributed by atoms with Crippen LogP contribution in [0.2, 0.25) is 0 Å². The van der Waals surface area contributed by atoms with Crippen molar-refractivity contribution in [1.82, 2.24) is 19.4 Å². The fraction of sp³-hybridized carbons (Fsp3) is 0.353. The number of nitrogens with zero attached hydrogens (tertiary/aromatic N) is 5. The second-order valence-corrected chi connectivity index (χ2v) is 5.99. The van der Waals surface area contributed by atoms with Gasteiger partial charge in [0.25, 0.3) is 5.91 Å². The number of benzene rings is 1. The molecule has 1 fully saturated rings. The Morgan fingerprint density at radius 3 is 2.88 bits per heavy atom. The summed E-state index contributed by atoms with van der Waals surface area (Å²) < 4.78 is 16.0. The molecule has 1 aliphatic heterocycles. The molecule has 0 N–H and O–H groups in total. The Morgan fingerprint density at radius 1 is 1.50 bits per heavy atom. The first-order chi connectivity index (χ1) is 11.5. The molecule has 1 atom stereocenters. The minimum atomic E-state index is -0.475. The van der Waals surface area contributed by atoms with Crippen molar-refractivity contribution >= 4 is 5.91 Å². The highest BCUT2D eigenvalue weighted by Gasteiger charge is 2.28. The van der Waals surface area contributed by atoms with E-state index in [2.05, 4.69) is 11.2 Å². The highest BCUT2D eigenvalue weighted by atomic mass is 19.1. The van der Waals surface area contributed by atoms with Gasteiger partial charge < -0.3 is 14.4 Å². The van der Waals surface area contributed by atoms with Crippen molar-refractivity contribution < 1.29 is 9.18 Å². The molecule has 1 aromatic carbocycles. The lowest BCUT2D eigenvalue weighted by atomic mass is 10.1. The van der Waals surface area contributed by atoms with Crippen molar-refractivity contribution in [2.45, 2.75) is 19.4 Å². The summed E-state index contributed by atoms with van der Waals surface area (Å²) in [5.74, 6) is -0.719. The summed E-state index contributed by atoms with van der Waals surface area (Å²) in [6, 6.07) is 4.41. The Balaban J connectivity index is 1.79. The average Bonchev–Trinajstić information content (AvgIpc) is 3.22. The predicted octanol–water partition coefficient (Wildman–Crippen LogP) is 1.95. The van der Waals surface area contributed by atoms with Crippen LogP contribution >= 0.6 is 0 Å². The monoisotopic (exact) mass is 327 g/mol. The van der Waals surface area contributed by atoms with Gasteiger partial charge >= 0.3 is 0 Å². The maximum absolute atomic E-state index is 14.4. The molecule has 3 rings (SSSR count). The lowest BCUT2D eigenvalue weighted by molar-refractivity contribution is 0.0738. The highest BCUT2D eigenvalue weighted by Crippen LogP contribution is 2.19. The lowest BCUT2D eigenvalue weighted by Crippen LogP contribution is -2.38. The Bertz CT molecular complexity index is 810. The number of aromatic nitrogens is 2. The molecule has 0 spiro atoms. The largest absolute Gasteiger partial charge is 0.337 e. The van der Waals surface area contributed by atoms with E-state index in [9.17, 15) is 9.18 Å². The smallest absolute Gasteiger partial charge is 0.254 e. The summed E-state index contributed by atoms with van der Waals surface area (Å²) in [4.78, 5) is 19.9. The van der Waals surface area contributed by atoms with Crippen molar-refractivity contribution in [3.05, 3.63) is 47.8 Å². The van der Waals surface area contributed by atoms with Crippen LogP contribution in [-0.2, 0) is 0 Å². The minimum Gasteiger partial charge on any atom is -0.337 e. The van der Waals surface area contributed by atoms with E-state index in [1.165, 1.54) is 12.4 Å². The van der Waals surface area contributed by atoms with Crippen LogP contribution in [0.1, 0.15) is 22.5 Å². The number of imidazole rings is 1. The third kappa shape index (κ3) is 2.95. The van der Waals surface area contributed by atoms with Crippen LogP contribution in [-0.4, -0.2) is 51.4 Å². The molecule has 0 bridgehead atoms. The van der Waals surface area contributed by atoms with Gasteiger partial charge in [-0.05, 0) is 31.5 Å². The predicted molar refractivity (Wildman–Crippen MR) is 85.9 cm³/mol. The van der Waals surface area contributed by atoms with Gasteiger partial charge in [0.2, 0.25) is 0 Å². The Hall–Kier alpha value is -2.88. The first-order valence-electron chi connectivity index (χ1n) is 7.72. The zero-order valence-corrected chi connectivity index (χ0v) is 13.6. The molecule has 7 heteroatoms. The van der Waals surface area contributed by atoms with Gasteiger partial charge in [-0.25, -0.2) is 9.37 Å². The van der Waals surface area contributed by atoms with Gasteiger partial charge in [0.05, 0.1) is 23.8 Å². The van der Waals surface area contributed by atoms with Crippen LogP contribution in [0.25, 0.3) is 5.69 Å². The summed E-state index contributed by atoms with van der Waals surface area (Å²) >= 11 is 0. The number of amides is 1. The van der Waals surface area contributed by atoms with Gasteiger partial charge in [-0.15, -0.1) is 0 Å². The number of likely N-dealkylation sites (tertiary alicyclic amines) is 1. The van der Waals surface area contributed by atoms with Crippen molar-refractivity contribution in [1.29, 1.82) is 5.26 Å². The molecule has 1 amide bonds. The maximum atomic E-state index is 14.4. The third-order valence-corrected chi connectivity index (χ3v) is 4.36. The molecule has 0 aliphatic carbocycles. The summed E-state index contributed by atoms with van der Waals surface area (Å²) in [6.07, 6.45) is 6.09. The first-order valence-corrected chi connectivity index (χ1v) is 7.72. The van der Waals surface area contributed by atoms with Crippen molar-refractivity contribution in [3.8, 4) is 11.9 Å². The lowest BCUT2D eigenvalue weighted by Gasteiger charge is -2.24. The molecule has 1 aromatic heterocycles. The van der Waals surface area contributed by atoms with Crippen LogP contribution in [0, 0.1) is 24.2 Å². The topological polar surface area (TPSA) is 65.2 Å². The second kappa shape index (κ2) is 6.32. The molecule has 0 radical (unpaired) electrons. The zero-order chi connectivity index (χ0) is 17.3. The number of likely N-dealkylation sites (N-methyl/N-ethyl adjacent to an activating group) is 1.